The summed E-state index contributed by atoms with van der Waals surface area (Å²) in [5.41, 5.74) is 0.689. The fraction of sp³-hybridized carbons (Fsp3) is 0.474. The zero-order chi connectivity index (χ0) is 19.0. The number of nitrogens with zero attached hydrogens (tertiary/aromatic N) is 3. The Balaban J connectivity index is 1.48. The maximum atomic E-state index is 12.9. The van der Waals surface area contributed by atoms with E-state index >= 15 is 0 Å². The number of likely N-dealkylation sites (tertiary alicyclic amines) is 1. The highest BCUT2D eigenvalue weighted by Gasteiger charge is 2.45. The lowest BCUT2D eigenvalue weighted by atomic mass is 9.71. The molecule has 2 N–H and O–H groups in total. The summed E-state index contributed by atoms with van der Waals surface area (Å²) in [5.74, 6) is 0.761. The third kappa shape index (κ3) is 3.32. The molecule has 8 heteroatoms. The number of aliphatic hydroxyl groups excluding tert-OH is 1. The molecular formula is C19H22N4O4. The molecule has 3 heterocycles. The Morgan fingerprint density at radius 1 is 1.33 bits per heavy atom. The molecule has 1 atom stereocenters. The summed E-state index contributed by atoms with van der Waals surface area (Å²) >= 11 is 0. The Morgan fingerprint density at radius 3 is 2.81 bits per heavy atom. The lowest BCUT2D eigenvalue weighted by Gasteiger charge is -2.44. The third-order valence-electron chi connectivity index (χ3n) is 5.50. The number of rotatable bonds is 2. The van der Waals surface area contributed by atoms with Crippen LogP contribution in [-0.2, 0) is 4.79 Å². The van der Waals surface area contributed by atoms with Crippen LogP contribution in [0.1, 0.15) is 35.5 Å². The summed E-state index contributed by atoms with van der Waals surface area (Å²) in [4.78, 5) is 27.0. The maximum Gasteiger partial charge on any atom is 0.253 e. The van der Waals surface area contributed by atoms with Crippen molar-refractivity contribution in [3.05, 3.63) is 35.7 Å². The molecule has 2 aliphatic rings. The first-order valence-corrected chi connectivity index (χ1v) is 9.13. The number of hydrogen-bond acceptors (Lipinski definition) is 6. The van der Waals surface area contributed by atoms with Crippen LogP contribution in [-0.4, -0.2) is 57.8 Å². The Hall–Kier alpha value is -2.74. The van der Waals surface area contributed by atoms with E-state index in [1.54, 1.807) is 30.0 Å². The van der Waals surface area contributed by atoms with Crippen molar-refractivity contribution >= 4 is 11.8 Å². The maximum absolute atomic E-state index is 12.9. The van der Waals surface area contributed by atoms with Gasteiger partial charge in [-0.25, -0.2) is 0 Å². The zero-order valence-corrected chi connectivity index (χ0v) is 15.1. The smallest absolute Gasteiger partial charge is 0.253 e. The minimum absolute atomic E-state index is 0.00587. The van der Waals surface area contributed by atoms with E-state index in [1.807, 2.05) is 6.07 Å². The lowest BCUT2D eigenvalue weighted by molar-refractivity contribution is -0.140. The summed E-state index contributed by atoms with van der Waals surface area (Å²) in [6, 6.07) is 7.12. The highest BCUT2D eigenvalue weighted by molar-refractivity contribution is 5.95. The lowest BCUT2D eigenvalue weighted by Crippen LogP contribution is -2.56. The number of hydrogen-bond donors (Lipinski definition) is 2. The first-order valence-electron chi connectivity index (χ1n) is 9.13. The van der Waals surface area contributed by atoms with Gasteiger partial charge in [-0.15, -0.1) is 10.2 Å². The second-order valence-electron chi connectivity index (χ2n) is 7.35. The number of carbonyl (C=O) groups is 2. The van der Waals surface area contributed by atoms with Gasteiger partial charge >= 0.3 is 0 Å². The van der Waals surface area contributed by atoms with Crippen LogP contribution >= 0.6 is 0 Å². The summed E-state index contributed by atoms with van der Waals surface area (Å²) in [6.45, 7) is 3.00. The van der Waals surface area contributed by atoms with Gasteiger partial charge in [-0.1, -0.05) is 6.07 Å². The molecule has 1 aromatic carbocycles. The molecule has 2 fully saturated rings. The van der Waals surface area contributed by atoms with Crippen LogP contribution in [0.3, 0.4) is 0 Å². The number of piperidine rings is 2. The monoisotopic (exact) mass is 370 g/mol. The highest BCUT2D eigenvalue weighted by atomic mass is 16.4. The fourth-order valence-electron chi connectivity index (χ4n) is 3.96. The number of aromatic nitrogens is 2. The molecule has 4 rings (SSSR count). The molecule has 1 unspecified atom stereocenters. The van der Waals surface area contributed by atoms with Crippen molar-refractivity contribution in [1.82, 2.24) is 20.4 Å². The third-order valence-corrected chi connectivity index (χ3v) is 5.50. The number of aliphatic hydroxyl groups is 1. The fourth-order valence-corrected chi connectivity index (χ4v) is 3.96. The molecule has 2 saturated heterocycles. The van der Waals surface area contributed by atoms with Gasteiger partial charge in [-0.3, -0.25) is 9.59 Å². The molecular weight excluding hydrogens is 348 g/mol. The molecule has 2 aromatic rings. The molecule has 142 valence electrons. The summed E-state index contributed by atoms with van der Waals surface area (Å²) < 4.78 is 5.43. The second-order valence-corrected chi connectivity index (χ2v) is 7.35. The number of aryl methyl sites for hydroxylation is 1. The standard InChI is InChI=1S/C19H22N4O4/c1-12-21-22-16(27-12)13-3-2-4-14(9-13)17(25)23-7-5-19(6-8-23)10-15(24)11-20-18(19)26/h2-4,9,15,24H,5-8,10-11H2,1H3,(H,20,26). The van der Waals surface area contributed by atoms with Crippen molar-refractivity contribution in [3.63, 3.8) is 0 Å². The molecule has 27 heavy (non-hydrogen) atoms. The van der Waals surface area contributed by atoms with Crippen LogP contribution in [0.25, 0.3) is 11.5 Å². The first kappa shape index (κ1) is 17.7. The highest BCUT2D eigenvalue weighted by Crippen LogP contribution is 2.38. The minimum atomic E-state index is -0.558. The van der Waals surface area contributed by atoms with E-state index in [2.05, 4.69) is 15.5 Å². The quantitative estimate of drug-likeness (QED) is 0.821. The molecule has 0 aliphatic carbocycles. The van der Waals surface area contributed by atoms with Crippen LogP contribution in [0.4, 0.5) is 0 Å². The molecule has 0 saturated carbocycles. The molecule has 0 radical (unpaired) electrons. The Morgan fingerprint density at radius 2 is 2.11 bits per heavy atom. The zero-order valence-electron chi connectivity index (χ0n) is 15.1. The predicted octanol–water partition coefficient (Wildman–Crippen LogP) is 1.15. The Bertz CT molecular complexity index is 870. The van der Waals surface area contributed by atoms with E-state index in [0.29, 0.717) is 61.8 Å². The SMILES string of the molecule is Cc1nnc(-c2cccc(C(=O)N3CCC4(CC3)CC(O)CNC4=O)c2)o1. The van der Waals surface area contributed by atoms with Gasteiger partial charge in [0, 0.05) is 37.7 Å². The summed E-state index contributed by atoms with van der Waals surface area (Å²) in [7, 11) is 0. The number of benzene rings is 1. The first-order chi connectivity index (χ1) is 13.0. The average molecular weight is 370 g/mol. The van der Waals surface area contributed by atoms with Crippen molar-refractivity contribution in [3.8, 4) is 11.5 Å². The normalized spacial score (nSPS) is 21.9. The van der Waals surface area contributed by atoms with E-state index in [4.69, 9.17) is 4.42 Å². The van der Waals surface area contributed by atoms with Crippen molar-refractivity contribution in [1.29, 1.82) is 0 Å². The molecule has 8 nitrogen and oxygen atoms in total. The number of β-amino-alcohol motifs (C(OH)–C–C–N with tert-alkyl or cyclic N) is 1. The van der Waals surface area contributed by atoms with Gasteiger partial charge in [0.25, 0.3) is 5.91 Å². The Labute approximate surface area is 156 Å². The van der Waals surface area contributed by atoms with Gasteiger partial charge in [0.1, 0.15) is 0 Å². The minimum Gasteiger partial charge on any atom is -0.421 e. The van der Waals surface area contributed by atoms with Crippen molar-refractivity contribution < 1.29 is 19.1 Å². The molecule has 2 aliphatic heterocycles. The largest absolute Gasteiger partial charge is 0.421 e. The average Bonchev–Trinajstić information content (AvgIpc) is 3.12. The summed E-state index contributed by atoms with van der Waals surface area (Å²) in [5, 5.41) is 20.5. The predicted molar refractivity (Wildman–Crippen MR) is 95.7 cm³/mol. The second kappa shape index (κ2) is 6.77. The van der Waals surface area contributed by atoms with Gasteiger partial charge in [0.05, 0.1) is 11.5 Å². The van der Waals surface area contributed by atoms with Gasteiger partial charge < -0.3 is 19.7 Å². The van der Waals surface area contributed by atoms with E-state index in [-0.39, 0.29) is 11.8 Å². The van der Waals surface area contributed by atoms with Gasteiger partial charge in [-0.05, 0) is 37.5 Å². The number of carbonyl (C=O) groups excluding carboxylic acids is 2. The van der Waals surface area contributed by atoms with Crippen molar-refractivity contribution in [2.24, 2.45) is 5.41 Å². The van der Waals surface area contributed by atoms with Crippen LogP contribution in [0.2, 0.25) is 0 Å². The van der Waals surface area contributed by atoms with E-state index in [1.165, 1.54) is 0 Å². The van der Waals surface area contributed by atoms with Gasteiger partial charge in [0.2, 0.25) is 17.7 Å². The van der Waals surface area contributed by atoms with Crippen LogP contribution < -0.4 is 5.32 Å². The molecule has 1 aromatic heterocycles. The number of nitrogens with one attached hydrogen (secondary N) is 1. The topological polar surface area (TPSA) is 109 Å². The van der Waals surface area contributed by atoms with Crippen molar-refractivity contribution in [2.45, 2.75) is 32.3 Å². The van der Waals surface area contributed by atoms with Crippen molar-refractivity contribution in [2.75, 3.05) is 19.6 Å². The Kier molecular flexibility index (Phi) is 4.43. The van der Waals surface area contributed by atoms with Crippen LogP contribution in [0.5, 0.6) is 0 Å². The van der Waals surface area contributed by atoms with E-state index in [0.717, 1.165) is 0 Å². The van der Waals surface area contributed by atoms with Crippen LogP contribution in [0.15, 0.2) is 28.7 Å². The molecule has 2 amide bonds. The molecule has 0 bridgehead atoms. The molecule has 1 spiro atoms. The van der Waals surface area contributed by atoms with Gasteiger partial charge in [0.15, 0.2) is 0 Å². The van der Waals surface area contributed by atoms with Crippen LogP contribution in [0, 0.1) is 12.3 Å². The summed E-state index contributed by atoms with van der Waals surface area (Å²) in [6.07, 6.45) is 1.07. The van der Waals surface area contributed by atoms with E-state index in [9.17, 15) is 14.7 Å². The number of amides is 2. The van der Waals surface area contributed by atoms with E-state index < -0.39 is 11.5 Å². The van der Waals surface area contributed by atoms with Gasteiger partial charge in [-0.2, -0.15) is 0 Å².